The molecule has 0 amide bonds. The number of rotatable bonds is 5. The fourth-order valence-electron chi connectivity index (χ4n) is 4.93. The number of benzene rings is 3. The maximum Gasteiger partial charge on any atom is 0.417 e. The molecular formula is C27H23F3O5. The molecule has 1 N–H and O–H groups in total. The zero-order valence-corrected chi connectivity index (χ0v) is 18.9. The largest absolute Gasteiger partial charge is 0.508 e. The van der Waals surface area contributed by atoms with Gasteiger partial charge in [-0.25, -0.2) is 0 Å². The van der Waals surface area contributed by atoms with E-state index in [9.17, 15) is 23.1 Å². The standard InChI is InChI=1S/C27H23F3O5/c1-33-25(32)12-16-14-34-24-13-18(6-7-19(16)24)35-23-11-9-21-20(23)8-10-22(27(28,29)30)26(21)15-2-4-17(31)5-3-15/h2-8,10,13,16,23,31H,9,11-12,14H2,1H3. The first-order chi connectivity index (χ1) is 16.7. The molecule has 182 valence electrons. The first-order valence-corrected chi connectivity index (χ1v) is 11.3. The minimum Gasteiger partial charge on any atom is -0.508 e. The van der Waals surface area contributed by atoms with Gasteiger partial charge in [0.15, 0.2) is 0 Å². The number of hydrogen-bond donors (Lipinski definition) is 1. The number of phenolic OH excluding ortho intramolecular Hbond substituents is 1. The fourth-order valence-corrected chi connectivity index (χ4v) is 4.93. The number of carbonyl (C=O) groups excluding carboxylic acids is 1. The number of phenols is 1. The molecule has 1 heterocycles. The van der Waals surface area contributed by atoms with Gasteiger partial charge in [0.1, 0.15) is 23.4 Å². The Morgan fingerprint density at radius 3 is 2.54 bits per heavy atom. The summed E-state index contributed by atoms with van der Waals surface area (Å²) in [6.45, 7) is 0.371. The summed E-state index contributed by atoms with van der Waals surface area (Å²) in [5.41, 5.74) is 2.04. The van der Waals surface area contributed by atoms with Gasteiger partial charge < -0.3 is 19.3 Å². The van der Waals surface area contributed by atoms with Crippen molar-refractivity contribution in [2.24, 2.45) is 0 Å². The van der Waals surface area contributed by atoms with Crippen molar-refractivity contribution < 1.29 is 37.3 Å². The van der Waals surface area contributed by atoms with Crippen LogP contribution in [0.5, 0.6) is 17.2 Å². The summed E-state index contributed by atoms with van der Waals surface area (Å²) >= 11 is 0. The number of carbonyl (C=O) groups is 1. The van der Waals surface area contributed by atoms with Crippen LogP contribution in [0.3, 0.4) is 0 Å². The van der Waals surface area contributed by atoms with Crippen LogP contribution in [0.2, 0.25) is 0 Å². The highest BCUT2D eigenvalue weighted by Crippen LogP contribution is 2.47. The zero-order valence-electron chi connectivity index (χ0n) is 18.9. The third-order valence-corrected chi connectivity index (χ3v) is 6.60. The summed E-state index contributed by atoms with van der Waals surface area (Å²) < 4.78 is 58.3. The van der Waals surface area contributed by atoms with Gasteiger partial charge >= 0.3 is 12.1 Å². The molecule has 0 saturated carbocycles. The Bertz CT molecular complexity index is 1270. The summed E-state index contributed by atoms with van der Waals surface area (Å²) in [4.78, 5) is 11.6. The van der Waals surface area contributed by atoms with Crippen LogP contribution >= 0.6 is 0 Å². The van der Waals surface area contributed by atoms with Crippen molar-refractivity contribution in [1.29, 1.82) is 0 Å². The monoisotopic (exact) mass is 484 g/mol. The molecule has 2 unspecified atom stereocenters. The number of hydrogen-bond acceptors (Lipinski definition) is 5. The van der Waals surface area contributed by atoms with Crippen molar-refractivity contribution in [2.75, 3.05) is 13.7 Å². The summed E-state index contributed by atoms with van der Waals surface area (Å²) in [6, 6.07) is 13.8. The van der Waals surface area contributed by atoms with Crippen molar-refractivity contribution >= 4 is 5.97 Å². The minimum absolute atomic E-state index is 0.0104. The van der Waals surface area contributed by atoms with Gasteiger partial charge in [-0.1, -0.05) is 24.3 Å². The Balaban J connectivity index is 1.44. The lowest BCUT2D eigenvalue weighted by Gasteiger charge is -2.20. The molecule has 5 rings (SSSR count). The van der Waals surface area contributed by atoms with E-state index in [1.807, 2.05) is 6.07 Å². The molecule has 35 heavy (non-hydrogen) atoms. The lowest BCUT2D eigenvalue weighted by Crippen LogP contribution is -2.10. The summed E-state index contributed by atoms with van der Waals surface area (Å²) in [5, 5.41) is 9.60. The smallest absolute Gasteiger partial charge is 0.417 e. The van der Waals surface area contributed by atoms with E-state index in [4.69, 9.17) is 14.2 Å². The van der Waals surface area contributed by atoms with Crippen LogP contribution in [0.1, 0.15) is 47.1 Å². The van der Waals surface area contributed by atoms with Gasteiger partial charge in [-0.3, -0.25) is 4.79 Å². The SMILES string of the molecule is COC(=O)CC1COc2cc(OC3CCc4c3ccc(C(F)(F)F)c4-c3ccc(O)cc3)ccc21. The number of alkyl halides is 3. The normalized spacial score (nSPS) is 18.5. The fraction of sp³-hybridized carbons (Fsp3) is 0.296. The molecule has 0 saturated heterocycles. The zero-order chi connectivity index (χ0) is 24.7. The maximum absolute atomic E-state index is 13.9. The molecule has 3 aromatic rings. The van der Waals surface area contributed by atoms with E-state index in [0.717, 1.165) is 11.6 Å². The van der Waals surface area contributed by atoms with Crippen molar-refractivity contribution in [3.8, 4) is 28.4 Å². The van der Waals surface area contributed by atoms with Gasteiger partial charge in [-0.05, 0) is 59.4 Å². The van der Waals surface area contributed by atoms with Crippen molar-refractivity contribution in [1.82, 2.24) is 0 Å². The van der Waals surface area contributed by atoms with E-state index in [2.05, 4.69) is 0 Å². The van der Waals surface area contributed by atoms with Crippen LogP contribution in [0.15, 0.2) is 54.6 Å². The van der Waals surface area contributed by atoms with Gasteiger partial charge in [-0.15, -0.1) is 0 Å². The van der Waals surface area contributed by atoms with E-state index in [0.29, 0.717) is 47.6 Å². The number of esters is 1. The topological polar surface area (TPSA) is 65.0 Å². The van der Waals surface area contributed by atoms with Gasteiger partial charge in [0.25, 0.3) is 0 Å². The Labute approximate surface area is 200 Å². The average molecular weight is 484 g/mol. The number of fused-ring (bicyclic) bond motifs is 2. The van der Waals surface area contributed by atoms with E-state index in [1.54, 1.807) is 12.1 Å². The van der Waals surface area contributed by atoms with E-state index < -0.39 is 17.8 Å². The number of methoxy groups -OCH3 is 1. The van der Waals surface area contributed by atoms with Crippen LogP contribution < -0.4 is 9.47 Å². The Morgan fingerprint density at radius 2 is 1.83 bits per heavy atom. The molecule has 1 aliphatic carbocycles. The Morgan fingerprint density at radius 1 is 1.09 bits per heavy atom. The minimum atomic E-state index is -4.51. The molecule has 0 fully saturated rings. The van der Waals surface area contributed by atoms with Crippen LogP contribution in [-0.4, -0.2) is 24.8 Å². The molecule has 8 heteroatoms. The summed E-state index contributed by atoms with van der Waals surface area (Å²) in [5.74, 6) is 0.770. The summed E-state index contributed by atoms with van der Waals surface area (Å²) in [6.07, 6.45) is -3.73. The molecule has 0 radical (unpaired) electrons. The lowest BCUT2D eigenvalue weighted by atomic mass is 9.91. The Hall–Kier alpha value is -3.68. The van der Waals surface area contributed by atoms with Gasteiger partial charge in [0, 0.05) is 17.5 Å². The highest BCUT2D eigenvalue weighted by molar-refractivity contribution is 5.75. The molecule has 0 aromatic heterocycles. The second-order valence-electron chi connectivity index (χ2n) is 8.73. The predicted molar refractivity (Wildman–Crippen MR) is 122 cm³/mol. The molecule has 2 aliphatic rings. The van der Waals surface area contributed by atoms with Gasteiger partial charge in [0.2, 0.25) is 0 Å². The number of ether oxygens (including phenoxy) is 3. The third kappa shape index (κ3) is 4.40. The van der Waals surface area contributed by atoms with Gasteiger partial charge in [0.05, 0.1) is 25.7 Å². The quantitative estimate of drug-likeness (QED) is 0.438. The highest BCUT2D eigenvalue weighted by atomic mass is 19.4. The lowest BCUT2D eigenvalue weighted by molar-refractivity contribution is -0.141. The molecule has 2 atom stereocenters. The van der Waals surface area contributed by atoms with Crippen LogP contribution in [0, 0.1) is 0 Å². The van der Waals surface area contributed by atoms with Crippen molar-refractivity contribution in [2.45, 2.75) is 37.5 Å². The number of halogens is 3. The average Bonchev–Trinajstić information content (AvgIpc) is 3.42. The molecule has 5 nitrogen and oxygen atoms in total. The van der Waals surface area contributed by atoms with Crippen LogP contribution in [0.4, 0.5) is 13.2 Å². The molecular weight excluding hydrogens is 461 g/mol. The molecule has 0 spiro atoms. The second-order valence-corrected chi connectivity index (χ2v) is 8.73. The van der Waals surface area contributed by atoms with E-state index in [1.165, 1.54) is 37.4 Å². The van der Waals surface area contributed by atoms with Crippen molar-refractivity contribution in [3.05, 3.63) is 76.9 Å². The number of aromatic hydroxyl groups is 1. The second kappa shape index (κ2) is 8.83. The van der Waals surface area contributed by atoms with Crippen molar-refractivity contribution in [3.63, 3.8) is 0 Å². The Kier molecular flexibility index (Phi) is 5.83. The first kappa shape index (κ1) is 23.1. The van der Waals surface area contributed by atoms with Crippen LogP contribution in [-0.2, 0) is 22.1 Å². The first-order valence-electron chi connectivity index (χ1n) is 11.3. The maximum atomic E-state index is 13.9. The molecule has 0 bridgehead atoms. The summed E-state index contributed by atoms with van der Waals surface area (Å²) in [7, 11) is 1.35. The van der Waals surface area contributed by atoms with E-state index in [-0.39, 0.29) is 29.6 Å². The highest BCUT2D eigenvalue weighted by Gasteiger charge is 2.38. The van der Waals surface area contributed by atoms with Gasteiger partial charge in [-0.2, -0.15) is 13.2 Å². The third-order valence-electron chi connectivity index (χ3n) is 6.60. The predicted octanol–water partition coefficient (Wildman–Crippen LogP) is 6.18. The molecule has 1 aliphatic heterocycles. The molecule has 3 aromatic carbocycles. The van der Waals surface area contributed by atoms with Crippen LogP contribution in [0.25, 0.3) is 11.1 Å². The van der Waals surface area contributed by atoms with E-state index >= 15 is 0 Å².